The zero-order chi connectivity index (χ0) is 28.8. The quantitative estimate of drug-likeness (QED) is 0.239. The van der Waals surface area contributed by atoms with Gasteiger partial charge in [0.25, 0.3) is 0 Å². The Morgan fingerprint density at radius 1 is 0.786 bits per heavy atom. The number of halogens is 2. The molecule has 0 unspecified atom stereocenters. The van der Waals surface area contributed by atoms with Gasteiger partial charge in [0.05, 0.1) is 0 Å². The fourth-order valence-corrected chi connectivity index (χ4v) is 6.33. The monoisotopic (exact) mass is 668 g/mol. The van der Waals surface area contributed by atoms with Crippen molar-refractivity contribution in [1.29, 1.82) is 0 Å². The molecule has 0 nitrogen and oxygen atoms in total. The van der Waals surface area contributed by atoms with E-state index in [4.69, 9.17) is 0 Å². The molecule has 7 rings (SSSR count). The molecule has 0 radical (unpaired) electrons. The fourth-order valence-electron chi connectivity index (χ4n) is 5.92. The molecule has 0 spiro atoms. The smallest absolute Gasteiger partial charge is 0.0635 e. The zero-order valence-electron chi connectivity index (χ0n) is 26.0. The Hall–Kier alpha value is -2.18. The largest absolute Gasteiger partial charge is 1.00 e. The molecule has 0 amide bonds. The molecule has 0 N–H and O–H groups in total. The first kappa shape index (κ1) is 34.3. The summed E-state index contributed by atoms with van der Waals surface area (Å²) in [6.07, 6.45) is 11.4. The van der Waals surface area contributed by atoms with E-state index < -0.39 is 0 Å². The van der Waals surface area contributed by atoms with Crippen molar-refractivity contribution >= 4 is 15.4 Å². The van der Waals surface area contributed by atoms with Gasteiger partial charge in [-0.1, -0.05) is 71.2 Å². The molecular weight excluding hydrogens is 631 g/mol. The Bertz CT molecular complexity index is 1570. The molecule has 0 aromatic heterocycles. The average Bonchev–Trinajstić information content (AvgIpc) is 3.62. The summed E-state index contributed by atoms with van der Waals surface area (Å²) < 4.78 is 1.46. The third-order valence-corrected chi connectivity index (χ3v) is 9.12. The summed E-state index contributed by atoms with van der Waals surface area (Å²) in [6.45, 7) is 17.6. The van der Waals surface area contributed by atoms with E-state index in [2.05, 4.69) is 146 Å². The van der Waals surface area contributed by atoms with Gasteiger partial charge in [0, 0.05) is 5.41 Å². The van der Waals surface area contributed by atoms with E-state index in [0.29, 0.717) is 0 Å². The van der Waals surface area contributed by atoms with E-state index in [1.807, 2.05) is 0 Å². The van der Waals surface area contributed by atoms with E-state index in [1.165, 1.54) is 94.2 Å². The van der Waals surface area contributed by atoms with Crippen molar-refractivity contribution in [2.24, 2.45) is 0 Å². The summed E-state index contributed by atoms with van der Waals surface area (Å²) in [6, 6.07) is 24.7. The second-order valence-corrected chi connectivity index (χ2v) is 14.6. The summed E-state index contributed by atoms with van der Waals surface area (Å²) in [4.78, 5) is 0. The van der Waals surface area contributed by atoms with Gasteiger partial charge in [-0.05, 0) is 45.9 Å². The SMILES string of the molecule is CC1(C)[C-]=Cc2cc3c(cc21)Cc1cc2c(cc1-3)C=CC2(C)C.C[C](=[Zr+2])c1ccc(C)cc1.Cc1c[cH-]c(C)c1.[Cl-].[Cl-]. The van der Waals surface area contributed by atoms with Crippen molar-refractivity contribution in [2.75, 3.05) is 0 Å². The van der Waals surface area contributed by atoms with Crippen LogP contribution in [0, 0.1) is 26.8 Å². The Kier molecular flexibility index (Phi) is 10.8. The van der Waals surface area contributed by atoms with E-state index in [9.17, 15) is 0 Å². The van der Waals surface area contributed by atoms with Crippen molar-refractivity contribution in [3.8, 4) is 11.1 Å². The maximum atomic E-state index is 3.50. The van der Waals surface area contributed by atoms with Crippen LogP contribution in [0.4, 0.5) is 0 Å². The van der Waals surface area contributed by atoms with Gasteiger partial charge in [-0.2, -0.15) is 23.3 Å². The van der Waals surface area contributed by atoms with Crippen molar-refractivity contribution < 1.29 is 49.0 Å². The number of hydrogen-bond donors (Lipinski definition) is 0. The van der Waals surface area contributed by atoms with Crippen LogP contribution < -0.4 is 24.8 Å². The van der Waals surface area contributed by atoms with Crippen molar-refractivity contribution in [2.45, 2.75) is 72.6 Å². The van der Waals surface area contributed by atoms with Crippen molar-refractivity contribution in [3.63, 3.8) is 0 Å². The molecule has 3 heteroatoms. The number of hydrogen-bond acceptors (Lipinski definition) is 0. The topological polar surface area (TPSA) is 0 Å². The maximum absolute atomic E-state index is 3.50. The molecule has 0 saturated heterocycles. The summed E-state index contributed by atoms with van der Waals surface area (Å²) >= 11 is 1.51. The molecule has 3 aliphatic carbocycles. The van der Waals surface area contributed by atoms with E-state index in [-0.39, 0.29) is 35.6 Å². The van der Waals surface area contributed by atoms with Crippen LogP contribution in [-0.2, 0) is 41.5 Å². The first-order valence-corrected chi connectivity index (χ1v) is 15.5. The number of benzene rings is 3. The fraction of sp³-hybridized carbons (Fsp3) is 0.282. The van der Waals surface area contributed by atoms with E-state index >= 15 is 0 Å². The molecule has 0 atom stereocenters. The Labute approximate surface area is 280 Å². The van der Waals surface area contributed by atoms with E-state index in [0.717, 1.165) is 6.42 Å². The van der Waals surface area contributed by atoms with E-state index in [1.54, 1.807) is 0 Å². The van der Waals surface area contributed by atoms with Gasteiger partial charge in [0.2, 0.25) is 0 Å². The van der Waals surface area contributed by atoms with Crippen molar-refractivity contribution in [3.05, 3.63) is 135 Å². The minimum Gasteiger partial charge on any atom is -1.00 e. The number of allylic oxidation sites excluding steroid dienone is 2. The van der Waals surface area contributed by atoms with Crippen LogP contribution in [0.15, 0.2) is 72.8 Å². The van der Waals surface area contributed by atoms with Gasteiger partial charge >= 0.3 is 76.7 Å². The summed E-state index contributed by atoms with van der Waals surface area (Å²) in [5.74, 6) is 0. The summed E-state index contributed by atoms with van der Waals surface area (Å²) in [5.41, 5.74) is 17.1. The van der Waals surface area contributed by atoms with Gasteiger partial charge in [0.15, 0.2) is 0 Å². The second kappa shape index (κ2) is 13.2. The molecule has 216 valence electrons. The Balaban J connectivity index is 0.000000213. The summed E-state index contributed by atoms with van der Waals surface area (Å²) in [5, 5.41) is 0. The summed E-state index contributed by atoms with van der Waals surface area (Å²) in [7, 11) is 0. The molecule has 3 aliphatic rings. The standard InChI is InChI=1S/C23H21.C9H10.C7H9.2ClH.Zr/c1-22(2)7-5-14-10-18-16(12-20(14)22)9-17-13-21-15(11-19(17)18)6-8-23(21,3)4;1-3-9-6-4-8(2)5-7-9;1-6-3-4-7(2)5-6;;;/h5-7,10-13H,9H2,1-4H3;4-7H,1-2H3;3-5H,1-2H3;2*1H;/q-1;;-1;;;+2/p-2. The average molecular weight is 671 g/mol. The first-order chi connectivity index (χ1) is 18.8. The number of aryl methyl sites for hydroxylation is 3. The minimum absolute atomic E-state index is 0. The zero-order valence-corrected chi connectivity index (χ0v) is 30.0. The number of fused-ring (bicyclic) bond motifs is 5. The van der Waals surface area contributed by atoms with Gasteiger partial charge in [-0.3, -0.25) is 6.08 Å². The van der Waals surface area contributed by atoms with Crippen LogP contribution in [-0.4, -0.2) is 3.21 Å². The molecule has 0 fully saturated rings. The molecule has 0 aliphatic heterocycles. The van der Waals surface area contributed by atoms with Gasteiger partial charge in [0.1, 0.15) is 0 Å². The Morgan fingerprint density at radius 2 is 1.38 bits per heavy atom. The molecule has 0 heterocycles. The molecular formula is C39H40Cl2Zr-2. The van der Waals surface area contributed by atoms with Crippen LogP contribution in [0.3, 0.4) is 0 Å². The maximum Gasteiger partial charge on any atom is -0.0635 e. The molecule has 4 aromatic carbocycles. The predicted molar refractivity (Wildman–Crippen MR) is 170 cm³/mol. The number of rotatable bonds is 1. The molecule has 0 saturated carbocycles. The molecule has 4 aromatic rings. The van der Waals surface area contributed by atoms with Crippen LogP contribution in [0.2, 0.25) is 0 Å². The van der Waals surface area contributed by atoms with Crippen LogP contribution in [0.25, 0.3) is 23.3 Å². The second-order valence-electron chi connectivity index (χ2n) is 12.8. The van der Waals surface area contributed by atoms with Gasteiger partial charge in [-0.25, -0.2) is 17.7 Å². The Morgan fingerprint density at radius 3 is 1.90 bits per heavy atom. The van der Waals surface area contributed by atoms with Gasteiger partial charge in [-0.15, -0.1) is 11.6 Å². The minimum atomic E-state index is 0. The van der Waals surface area contributed by atoms with Crippen LogP contribution in [0.5, 0.6) is 0 Å². The van der Waals surface area contributed by atoms with Gasteiger partial charge < -0.3 is 24.8 Å². The first-order valence-electron chi connectivity index (χ1n) is 14.3. The molecule has 0 bridgehead atoms. The third-order valence-electron chi connectivity index (χ3n) is 8.41. The van der Waals surface area contributed by atoms with Crippen LogP contribution in [0.1, 0.15) is 90.3 Å². The normalized spacial score (nSPS) is 15.0. The van der Waals surface area contributed by atoms with Crippen molar-refractivity contribution in [1.82, 2.24) is 0 Å². The van der Waals surface area contributed by atoms with Crippen LogP contribution >= 0.6 is 0 Å². The third kappa shape index (κ3) is 7.13. The predicted octanol–water partition coefficient (Wildman–Crippen LogP) is 3.78. The molecule has 42 heavy (non-hydrogen) atoms.